The lowest BCUT2D eigenvalue weighted by Gasteiger charge is -2.31. The Kier molecular flexibility index (Phi) is 9.44. The third kappa shape index (κ3) is 8.37. The van der Waals surface area contributed by atoms with E-state index in [9.17, 15) is 22.8 Å². The molecule has 1 unspecified atom stereocenters. The topological polar surface area (TPSA) is 111 Å². The molecule has 3 aromatic carbocycles. The number of ether oxygens (including phenoxy) is 1. The second-order valence-electron chi connectivity index (χ2n) is 12.8. The summed E-state index contributed by atoms with van der Waals surface area (Å²) in [4.78, 5) is 25.7. The van der Waals surface area contributed by atoms with E-state index in [0.29, 0.717) is 29.5 Å². The van der Waals surface area contributed by atoms with Crippen molar-refractivity contribution in [3.8, 4) is 5.69 Å². The standard InChI is InChI=1S/C35H37F4N5O3/c1-33(2,3)47-32(46)41-21-23-8-7-11-26(18-23)44-29(20-30(43-44)35(37,38)39)31(45)42-28-19-25(14-15-27(28)36)34(40,17-16-22-12-13-22)24-9-5-4-6-10-24/h4-11,14-15,18-20,22H,12-13,16-17,21,40H2,1-3H3,(H,41,46)(H,42,45). The van der Waals surface area contributed by atoms with E-state index in [0.717, 1.165) is 29.5 Å². The summed E-state index contributed by atoms with van der Waals surface area (Å²) in [5.41, 5.74) is 5.27. The Morgan fingerprint density at radius 1 is 0.957 bits per heavy atom. The summed E-state index contributed by atoms with van der Waals surface area (Å²) in [5, 5.41) is 8.70. The fourth-order valence-electron chi connectivity index (χ4n) is 5.28. The van der Waals surface area contributed by atoms with E-state index in [-0.39, 0.29) is 17.9 Å². The molecule has 0 aliphatic heterocycles. The predicted molar refractivity (Wildman–Crippen MR) is 169 cm³/mol. The molecule has 1 atom stereocenters. The number of anilines is 1. The minimum absolute atomic E-state index is 0.00131. The molecule has 2 amide bonds. The zero-order chi connectivity index (χ0) is 34.0. The molecule has 1 aliphatic rings. The first-order valence-corrected chi connectivity index (χ1v) is 15.3. The molecule has 1 aliphatic carbocycles. The Hall–Kier alpha value is -4.71. The van der Waals surface area contributed by atoms with E-state index in [1.807, 2.05) is 30.3 Å². The lowest BCUT2D eigenvalue weighted by molar-refractivity contribution is -0.141. The molecule has 248 valence electrons. The van der Waals surface area contributed by atoms with Crippen LogP contribution in [0, 0.1) is 11.7 Å². The van der Waals surface area contributed by atoms with Gasteiger partial charge in [0.05, 0.1) is 16.9 Å². The van der Waals surface area contributed by atoms with Gasteiger partial charge in [0.15, 0.2) is 5.69 Å². The molecule has 12 heteroatoms. The van der Waals surface area contributed by atoms with Crippen molar-refractivity contribution in [1.82, 2.24) is 15.1 Å². The van der Waals surface area contributed by atoms with Crippen molar-refractivity contribution in [2.75, 3.05) is 5.32 Å². The molecular formula is C35H37F4N5O3. The number of nitrogens with one attached hydrogen (secondary N) is 2. The molecule has 1 heterocycles. The summed E-state index contributed by atoms with van der Waals surface area (Å²) in [6, 6.07) is 20.3. The van der Waals surface area contributed by atoms with Gasteiger partial charge in [0, 0.05) is 12.6 Å². The van der Waals surface area contributed by atoms with Crippen LogP contribution in [0.5, 0.6) is 0 Å². The normalized spacial score (nSPS) is 14.7. The third-order valence-electron chi connectivity index (χ3n) is 7.89. The van der Waals surface area contributed by atoms with Crippen LogP contribution in [0.1, 0.15) is 79.3 Å². The summed E-state index contributed by atoms with van der Waals surface area (Å²) in [5.74, 6) is -1.21. The SMILES string of the molecule is CC(C)(C)OC(=O)NCc1cccc(-n2nc(C(F)(F)F)cc2C(=O)Nc2cc(C(N)(CCC3CC3)c3ccccc3)ccc2F)c1. The highest BCUT2D eigenvalue weighted by molar-refractivity contribution is 6.03. The number of hydrogen-bond donors (Lipinski definition) is 3. The third-order valence-corrected chi connectivity index (χ3v) is 7.89. The maximum absolute atomic E-state index is 15.2. The number of benzene rings is 3. The molecule has 0 saturated heterocycles. The van der Waals surface area contributed by atoms with Crippen LogP contribution in [0.4, 0.5) is 28.0 Å². The van der Waals surface area contributed by atoms with E-state index in [1.165, 1.54) is 24.3 Å². The molecule has 5 rings (SSSR count). The van der Waals surface area contributed by atoms with Gasteiger partial charge in [0.1, 0.15) is 17.1 Å². The largest absolute Gasteiger partial charge is 0.444 e. The lowest BCUT2D eigenvalue weighted by Crippen LogP contribution is -2.38. The van der Waals surface area contributed by atoms with Crippen LogP contribution in [-0.4, -0.2) is 27.4 Å². The van der Waals surface area contributed by atoms with E-state index < -0.39 is 46.5 Å². The van der Waals surface area contributed by atoms with Gasteiger partial charge < -0.3 is 21.1 Å². The molecule has 0 radical (unpaired) electrons. The molecular weight excluding hydrogens is 614 g/mol. The maximum atomic E-state index is 15.2. The highest BCUT2D eigenvalue weighted by atomic mass is 19.4. The first-order valence-electron chi connectivity index (χ1n) is 15.3. The number of alkyl carbamates (subject to hydrolysis) is 1. The minimum atomic E-state index is -4.86. The summed E-state index contributed by atoms with van der Waals surface area (Å²) in [6.07, 6.45) is -1.82. The van der Waals surface area contributed by atoms with Crippen molar-refractivity contribution >= 4 is 17.7 Å². The number of nitrogens with zero attached hydrogens (tertiary/aromatic N) is 2. The number of carbonyl (C=O) groups is 2. The van der Waals surface area contributed by atoms with E-state index in [2.05, 4.69) is 15.7 Å². The predicted octanol–water partition coefficient (Wildman–Crippen LogP) is 7.70. The van der Waals surface area contributed by atoms with Crippen molar-refractivity contribution in [2.45, 2.75) is 70.3 Å². The lowest BCUT2D eigenvalue weighted by atomic mass is 9.79. The molecule has 4 aromatic rings. The van der Waals surface area contributed by atoms with Crippen LogP contribution in [0.3, 0.4) is 0 Å². The van der Waals surface area contributed by atoms with Crippen LogP contribution in [-0.2, 0) is 23.0 Å². The zero-order valence-electron chi connectivity index (χ0n) is 26.3. The summed E-state index contributed by atoms with van der Waals surface area (Å²) < 4.78 is 62.7. The second-order valence-corrected chi connectivity index (χ2v) is 12.8. The van der Waals surface area contributed by atoms with Gasteiger partial charge in [0.25, 0.3) is 5.91 Å². The number of amides is 2. The van der Waals surface area contributed by atoms with Crippen LogP contribution in [0.2, 0.25) is 0 Å². The van der Waals surface area contributed by atoms with Gasteiger partial charge in [-0.05, 0) is 80.5 Å². The van der Waals surface area contributed by atoms with Crippen LogP contribution < -0.4 is 16.4 Å². The first kappa shape index (κ1) is 33.6. The quantitative estimate of drug-likeness (QED) is 0.152. The van der Waals surface area contributed by atoms with Crippen LogP contribution >= 0.6 is 0 Å². The van der Waals surface area contributed by atoms with Crippen molar-refractivity contribution in [3.05, 3.63) is 113 Å². The van der Waals surface area contributed by atoms with E-state index >= 15 is 4.39 Å². The van der Waals surface area contributed by atoms with Gasteiger partial charge in [-0.1, -0.05) is 61.4 Å². The molecule has 0 bridgehead atoms. The molecule has 8 nitrogen and oxygen atoms in total. The number of rotatable bonds is 10. The van der Waals surface area contributed by atoms with Gasteiger partial charge in [-0.15, -0.1) is 0 Å². The highest BCUT2D eigenvalue weighted by Gasteiger charge is 2.37. The fourth-order valence-corrected chi connectivity index (χ4v) is 5.28. The number of carbonyl (C=O) groups excluding carboxylic acids is 2. The molecule has 0 spiro atoms. The molecule has 1 aromatic heterocycles. The zero-order valence-corrected chi connectivity index (χ0v) is 26.3. The fraction of sp³-hybridized carbons (Fsp3) is 0.343. The monoisotopic (exact) mass is 651 g/mol. The van der Waals surface area contributed by atoms with Gasteiger partial charge in [0.2, 0.25) is 0 Å². The van der Waals surface area contributed by atoms with Gasteiger partial charge in [-0.2, -0.15) is 18.3 Å². The number of nitrogens with two attached hydrogens (primary N) is 1. The van der Waals surface area contributed by atoms with Crippen LogP contribution in [0.25, 0.3) is 5.69 Å². The van der Waals surface area contributed by atoms with E-state index in [4.69, 9.17) is 10.5 Å². The molecule has 1 saturated carbocycles. The summed E-state index contributed by atoms with van der Waals surface area (Å²) in [6.45, 7) is 5.13. The highest BCUT2D eigenvalue weighted by Crippen LogP contribution is 2.40. The van der Waals surface area contributed by atoms with E-state index in [1.54, 1.807) is 39.0 Å². The number of hydrogen-bond acceptors (Lipinski definition) is 5. The Labute approximate surface area is 270 Å². The summed E-state index contributed by atoms with van der Waals surface area (Å²) in [7, 11) is 0. The van der Waals surface area contributed by atoms with Gasteiger partial charge in [-0.3, -0.25) is 4.79 Å². The van der Waals surface area contributed by atoms with Crippen LogP contribution in [0.15, 0.2) is 78.9 Å². The minimum Gasteiger partial charge on any atom is -0.444 e. The average Bonchev–Trinajstić information content (AvgIpc) is 3.73. The van der Waals surface area contributed by atoms with Crippen molar-refractivity contribution in [3.63, 3.8) is 0 Å². The van der Waals surface area contributed by atoms with Crippen molar-refractivity contribution in [2.24, 2.45) is 11.7 Å². The van der Waals surface area contributed by atoms with Gasteiger partial charge in [-0.25, -0.2) is 13.9 Å². The number of alkyl halides is 3. The summed E-state index contributed by atoms with van der Waals surface area (Å²) >= 11 is 0. The Morgan fingerprint density at radius 3 is 2.34 bits per heavy atom. The first-order chi connectivity index (χ1) is 22.1. The van der Waals surface area contributed by atoms with Crippen molar-refractivity contribution in [1.29, 1.82) is 0 Å². The molecule has 1 fully saturated rings. The maximum Gasteiger partial charge on any atom is 0.435 e. The Balaban J connectivity index is 1.44. The van der Waals surface area contributed by atoms with Gasteiger partial charge >= 0.3 is 12.3 Å². The number of halogens is 4. The second kappa shape index (κ2) is 13.2. The van der Waals surface area contributed by atoms with Crippen molar-refractivity contribution < 1.29 is 31.9 Å². The Bertz CT molecular complexity index is 1750. The molecule has 4 N–H and O–H groups in total. The molecule has 47 heavy (non-hydrogen) atoms. The number of aromatic nitrogens is 2. The Morgan fingerprint density at radius 2 is 1.68 bits per heavy atom. The smallest absolute Gasteiger partial charge is 0.435 e. The average molecular weight is 652 g/mol.